The molecular formula is C19H16BrIN2O2. The van der Waals surface area contributed by atoms with Gasteiger partial charge in [0.25, 0.3) is 0 Å². The van der Waals surface area contributed by atoms with Crippen LogP contribution in [0.3, 0.4) is 0 Å². The highest BCUT2D eigenvalue weighted by molar-refractivity contribution is 14.1. The Balaban J connectivity index is 1.89. The Bertz CT molecular complexity index is 971. The molecule has 1 N–H and O–H groups in total. The van der Waals surface area contributed by atoms with Crippen LogP contribution >= 0.6 is 38.5 Å². The van der Waals surface area contributed by atoms with Crippen molar-refractivity contribution in [2.24, 2.45) is 0 Å². The van der Waals surface area contributed by atoms with Crippen LogP contribution in [0.2, 0.25) is 0 Å². The van der Waals surface area contributed by atoms with Gasteiger partial charge in [0.05, 0.1) is 0 Å². The first kappa shape index (κ1) is 18.1. The van der Waals surface area contributed by atoms with Gasteiger partial charge in [-0.1, -0.05) is 15.9 Å². The van der Waals surface area contributed by atoms with E-state index in [4.69, 9.17) is 0 Å². The van der Waals surface area contributed by atoms with Gasteiger partial charge >= 0.3 is 0 Å². The Morgan fingerprint density at radius 3 is 2.56 bits per heavy atom. The van der Waals surface area contributed by atoms with Crippen molar-refractivity contribution in [3.63, 3.8) is 0 Å². The molecule has 0 unspecified atom stereocenters. The lowest BCUT2D eigenvalue weighted by Crippen LogP contribution is -2.19. The van der Waals surface area contributed by atoms with Crippen LogP contribution < -0.4 is 5.32 Å². The van der Waals surface area contributed by atoms with Gasteiger partial charge in [-0.15, -0.1) is 0 Å². The molecule has 2 aromatic carbocycles. The molecule has 0 aliphatic heterocycles. The van der Waals surface area contributed by atoms with Gasteiger partial charge in [-0.2, -0.15) is 0 Å². The van der Waals surface area contributed by atoms with Gasteiger partial charge in [0.1, 0.15) is 6.54 Å². The molecule has 0 fully saturated rings. The van der Waals surface area contributed by atoms with Gasteiger partial charge in [-0.3, -0.25) is 9.59 Å². The van der Waals surface area contributed by atoms with Crippen LogP contribution in [0.25, 0.3) is 10.9 Å². The number of nitrogens with one attached hydrogen (secondary N) is 1. The first-order valence-electron chi connectivity index (χ1n) is 7.69. The monoisotopic (exact) mass is 510 g/mol. The second kappa shape index (κ2) is 7.29. The summed E-state index contributed by atoms with van der Waals surface area (Å²) < 4.78 is 3.84. The van der Waals surface area contributed by atoms with Crippen molar-refractivity contribution >= 4 is 67.3 Å². The quantitative estimate of drug-likeness (QED) is 0.393. The third kappa shape index (κ3) is 3.79. The zero-order valence-corrected chi connectivity index (χ0v) is 17.5. The Kier molecular flexibility index (Phi) is 5.29. The zero-order valence-electron chi connectivity index (χ0n) is 13.8. The number of nitrogens with zero attached hydrogens (tertiary/aromatic N) is 1. The van der Waals surface area contributed by atoms with Crippen molar-refractivity contribution in [1.29, 1.82) is 0 Å². The number of halogens is 2. The molecule has 0 saturated heterocycles. The van der Waals surface area contributed by atoms with Crippen molar-refractivity contribution in [2.45, 2.75) is 20.4 Å². The maximum absolute atomic E-state index is 12.5. The molecule has 0 spiro atoms. The van der Waals surface area contributed by atoms with Gasteiger partial charge in [0.15, 0.2) is 6.29 Å². The van der Waals surface area contributed by atoms with Crippen molar-refractivity contribution in [3.8, 4) is 0 Å². The number of aromatic nitrogens is 1. The number of hydrogen-bond acceptors (Lipinski definition) is 2. The molecule has 6 heteroatoms. The number of fused-ring (bicyclic) bond motifs is 1. The number of rotatable bonds is 4. The summed E-state index contributed by atoms with van der Waals surface area (Å²) >= 11 is 5.68. The van der Waals surface area contributed by atoms with Crippen LogP contribution in [0, 0.1) is 17.4 Å². The molecule has 3 rings (SSSR count). The molecule has 0 saturated carbocycles. The number of amides is 1. The van der Waals surface area contributed by atoms with Crippen molar-refractivity contribution < 1.29 is 9.59 Å². The number of carbonyl (C=O) groups is 2. The fourth-order valence-electron chi connectivity index (χ4n) is 2.96. The van der Waals surface area contributed by atoms with Gasteiger partial charge in [0.2, 0.25) is 5.91 Å². The lowest BCUT2D eigenvalue weighted by atomic mass is 10.1. The summed E-state index contributed by atoms with van der Waals surface area (Å²) in [4.78, 5) is 23.9. The highest BCUT2D eigenvalue weighted by Gasteiger charge is 2.13. The number of benzene rings is 2. The summed E-state index contributed by atoms with van der Waals surface area (Å²) in [5, 5.41) is 3.83. The number of anilines is 1. The van der Waals surface area contributed by atoms with Crippen LogP contribution in [-0.4, -0.2) is 16.8 Å². The maximum Gasteiger partial charge on any atom is 0.244 e. The van der Waals surface area contributed by atoms with Crippen molar-refractivity contribution in [3.05, 3.63) is 61.3 Å². The molecule has 0 bridgehead atoms. The van der Waals surface area contributed by atoms with Gasteiger partial charge in [0, 0.05) is 36.4 Å². The summed E-state index contributed by atoms with van der Waals surface area (Å²) in [6.45, 7) is 4.12. The van der Waals surface area contributed by atoms with E-state index in [1.165, 1.54) is 0 Å². The molecule has 128 valence electrons. The van der Waals surface area contributed by atoms with E-state index in [1.54, 1.807) is 10.8 Å². The van der Waals surface area contributed by atoms with Crippen molar-refractivity contribution in [2.75, 3.05) is 5.32 Å². The smallest absolute Gasteiger partial charge is 0.244 e. The van der Waals surface area contributed by atoms with E-state index in [2.05, 4.69) is 43.8 Å². The minimum Gasteiger partial charge on any atom is -0.337 e. The standard InChI is InChI=1S/C19H16BrIN2O2/c1-11-5-15(21)6-12(2)19(11)22-18(25)9-23-8-13(10-24)16-7-14(20)3-4-17(16)23/h3-8,10H,9H2,1-2H3,(H,22,25). The second-order valence-electron chi connectivity index (χ2n) is 5.95. The van der Waals surface area contributed by atoms with E-state index in [-0.39, 0.29) is 12.5 Å². The van der Waals surface area contributed by atoms with Gasteiger partial charge in [-0.05, 0) is 77.9 Å². The molecule has 0 aliphatic rings. The maximum atomic E-state index is 12.5. The van der Waals surface area contributed by atoms with E-state index < -0.39 is 0 Å². The molecule has 1 heterocycles. The number of aldehydes is 1. The predicted octanol–water partition coefficient (Wildman–Crippen LogP) is 5.08. The van der Waals surface area contributed by atoms with Gasteiger partial charge < -0.3 is 9.88 Å². The van der Waals surface area contributed by atoms with Crippen LogP contribution in [0.1, 0.15) is 21.5 Å². The molecular weight excluding hydrogens is 495 g/mol. The van der Waals surface area contributed by atoms with Gasteiger partial charge in [-0.25, -0.2) is 0 Å². The average Bonchev–Trinajstić information content (AvgIpc) is 2.87. The lowest BCUT2D eigenvalue weighted by molar-refractivity contribution is -0.116. The van der Waals surface area contributed by atoms with Crippen LogP contribution in [-0.2, 0) is 11.3 Å². The Morgan fingerprint density at radius 2 is 1.92 bits per heavy atom. The van der Waals surface area contributed by atoms with Crippen LogP contribution in [0.15, 0.2) is 41.0 Å². The summed E-state index contributed by atoms with van der Waals surface area (Å²) in [7, 11) is 0. The van der Waals surface area contributed by atoms with E-state index in [0.717, 1.165) is 42.0 Å². The topological polar surface area (TPSA) is 51.1 Å². The Hall–Kier alpha value is -1.67. The third-order valence-electron chi connectivity index (χ3n) is 4.08. The molecule has 1 amide bonds. The highest BCUT2D eigenvalue weighted by Crippen LogP contribution is 2.26. The lowest BCUT2D eigenvalue weighted by Gasteiger charge is -2.13. The first-order valence-corrected chi connectivity index (χ1v) is 9.56. The molecule has 3 aromatic rings. The molecule has 0 aliphatic carbocycles. The molecule has 25 heavy (non-hydrogen) atoms. The summed E-state index contributed by atoms with van der Waals surface area (Å²) in [6.07, 6.45) is 2.54. The minimum absolute atomic E-state index is 0.121. The molecule has 4 nitrogen and oxygen atoms in total. The SMILES string of the molecule is Cc1cc(I)cc(C)c1NC(=O)Cn1cc(C=O)c2cc(Br)ccc21. The average molecular weight is 511 g/mol. The summed E-state index contributed by atoms with van der Waals surface area (Å²) in [6, 6.07) is 9.77. The van der Waals surface area contributed by atoms with Crippen LogP contribution in [0.5, 0.6) is 0 Å². The third-order valence-corrected chi connectivity index (χ3v) is 5.19. The number of hydrogen-bond donors (Lipinski definition) is 1. The largest absolute Gasteiger partial charge is 0.337 e. The van der Waals surface area contributed by atoms with Crippen LogP contribution in [0.4, 0.5) is 5.69 Å². The van der Waals surface area contributed by atoms with E-state index in [0.29, 0.717) is 5.56 Å². The fraction of sp³-hybridized carbons (Fsp3) is 0.158. The van der Waals surface area contributed by atoms with E-state index in [1.807, 2.05) is 44.2 Å². The van der Waals surface area contributed by atoms with Crippen molar-refractivity contribution in [1.82, 2.24) is 4.57 Å². The predicted molar refractivity (Wildman–Crippen MR) is 112 cm³/mol. The fourth-order valence-corrected chi connectivity index (χ4v) is 4.26. The Labute approximate surface area is 167 Å². The highest BCUT2D eigenvalue weighted by atomic mass is 127. The Morgan fingerprint density at radius 1 is 1.24 bits per heavy atom. The number of aryl methyl sites for hydroxylation is 2. The number of carbonyl (C=O) groups excluding carboxylic acids is 2. The molecule has 0 radical (unpaired) electrons. The minimum atomic E-state index is -0.121. The zero-order chi connectivity index (χ0) is 18.1. The summed E-state index contributed by atoms with van der Waals surface area (Å²) in [5.41, 5.74) is 4.35. The molecule has 0 atom stereocenters. The molecule has 1 aromatic heterocycles. The normalized spacial score (nSPS) is 10.9. The first-order chi connectivity index (χ1) is 11.9. The summed E-state index contributed by atoms with van der Waals surface area (Å²) in [5.74, 6) is -0.121. The van der Waals surface area contributed by atoms with E-state index >= 15 is 0 Å². The van der Waals surface area contributed by atoms with E-state index in [9.17, 15) is 9.59 Å². The second-order valence-corrected chi connectivity index (χ2v) is 8.12.